The zero-order valence-corrected chi connectivity index (χ0v) is 19.7. The van der Waals surface area contributed by atoms with E-state index in [1.165, 1.54) is 17.0 Å². The van der Waals surface area contributed by atoms with Crippen molar-refractivity contribution in [3.8, 4) is 0 Å². The lowest BCUT2D eigenvalue weighted by atomic mass is 9.97. The number of amides is 3. The van der Waals surface area contributed by atoms with Crippen molar-refractivity contribution in [1.29, 1.82) is 0 Å². The highest BCUT2D eigenvalue weighted by Crippen LogP contribution is 2.18. The van der Waals surface area contributed by atoms with Crippen LogP contribution in [0.5, 0.6) is 0 Å². The van der Waals surface area contributed by atoms with Crippen LogP contribution < -0.4 is 10.6 Å². The molecular weight excluding hydrogens is 421 g/mol. The quantitative estimate of drug-likeness (QED) is 0.497. The molecule has 0 fully saturated rings. The van der Waals surface area contributed by atoms with Crippen molar-refractivity contribution in [2.75, 3.05) is 18.4 Å². The topological polar surface area (TPSA) is 78.5 Å². The predicted octanol–water partition coefficient (Wildman–Crippen LogP) is 4.43. The number of carbonyl (C=O) groups is 3. The maximum absolute atomic E-state index is 13.3. The SMILES string of the molecule is CCCCC(CC)C(=O)N(CC(=O)NCC(=O)Nc1cccc(C)c1)Cc1ccc(F)cc1. The molecule has 7 heteroatoms. The second kappa shape index (κ2) is 13.4. The van der Waals surface area contributed by atoms with Gasteiger partial charge in [0.2, 0.25) is 17.7 Å². The highest BCUT2D eigenvalue weighted by molar-refractivity contribution is 5.95. The van der Waals surface area contributed by atoms with Crippen LogP contribution in [0.4, 0.5) is 10.1 Å². The Morgan fingerprint density at radius 3 is 2.39 bits per heavy atom. The Morgan fingerprint density at radius 2 is 1.76 bits per heavy atom. The largest absolute Gasteiger partial charge is 0.345 e. The highest BCUT2D eigenvalue weighted by Gasteiger charge is 2.24. The summed E-state index contributed by atoms with van der Waals surface area (Å²) in [5, 5.41) is 5.33. The molecule has 1 unspecified atom stereocenters. The van der Waals surface area contributed by atoms with Crippen molar-refractivity contribution in [2.24, 2.45) is 5.92 Å². The van der Waals surface area contributed by atoms with Gasteiger partial charge in [0.1, 0.15) is 5.82 Å². The molecular formula is C26H34FN3O3. The summed E-state index contributed by atoms with van der Waals surface area (Å²) in [5.74, 6) is -1.41. The average Bonchev–Trinajstić information content (AvgIpc) is 2.79. The van der Waals surface area contributed by atoms with E-state index in [2.05, 4.69) is 17.6 Å². The Bertz CT molecular complexity index is 931. The Morgan fingerprint density at radius 1 is 1.03 bits per heavy atom. The van der Waals surface area contributed by atoms with E-state index in [0.29, 0.717) is 12.1 Å². The van der Waals surface area contributed by atoms with Gasteiger partial charge in [0, 0.05) is 18.2 Å². The fourth-order valence-corrected chi connectivity index (χ4v) is 3.57. The molecule has 2 N–H and O–H groups in total. The van der Waals surface area contributed by atoms with Gasteiger partial charge in [0.05, 0.1) is 13.1 Å². The standard InChI is InChI=1S/C26H34FN3O3/c1-4-6-9-21(5-2)26(33)30(17-20-11-13-22(27)14-12-20)18-25(32)28-16-24(31)29-23-10-7-8-19(3)15-23/h7-8,10-15,21H,4-6,9,16-18H2,1-3H3,(H,28,32)(H,29,31). The first-order valence-electron chi connectivity index (χ1n) is 11.5. The van der Waals surface area contributed by atoms with E-state index in [0.717, 1.165) is 30.4 Å². The molecule has 178 valence electrons. The number of rotatable bonds is 12. The summed E-state index contributed by atoms with van der Waals surface area (Å²) < 4.78 is 13.3. The number of benzene rings is 2. The van der Waals surface area contributed by atoms with Crippen LogP contribution in [0.25, 0.3) is 0 Å². The van der Waals surface area contributed by atoms with Crippen LogP contribution in [0.2, 0.25) is 0 Å². The van der Waals surface area contributed by atoms with Crippen LogP contribution in [-0.4, -0.2) is 35.7 Å². The lowest BCUT2D eigenvalue weighted by Crippen LogP contribution is -2.44. The van der Waals surface area contributed by atoms with Gasteiger partial charge in [0.15, 0.2) is 0 Å². The number of nitrogens with zero attached hydrogens (tertiary/aromatic N) is 1. The maximum Gasteiger partial charge on any atom is 0.243 e. The molecule has 0 aliphatic carbocycles. The van der Waals surface area contributed by atoms with Gasteiger partial charge in [-0.25, -0.2) is 4.39 Å². The molecule has 2 aromatic rings. The first kappa shape index (κ1) is 26.0. The summed E-state index contributed by atoms with van der Waals surface area (Å²) in [6.07, 6.45) is 3.35. The Kier molecular flexibility index (Phi) is 10.5. The normalized spacial score (nSPS) is 11.5. The first-order chi connectivity index (χ1) is 15.8. The van der Waals surface area contributed by atoms with Gasteiger partial charge in [0.25, 0.3) is 0 Å². The first-order valence-corrected chi connectivity index (χ1v) is 11.5. The van der Waals surface area contributed by atoms with E-state index in [1.807, 2.05) is 32.0 Å². The van der Waals surface area contributed by atoms with E-state index in [4.69, 9.17) is 0 Å². The third-order valence-electron chi connectivity index (χ3n) is 5.43. The van der Waals surface area contributed by atoms with Crippen molar-refractivity contribution in [2.45, 2.75) is 53.0 Å². The van der Waals surface area contributed by atoms with Crippen LogP contribution in [0, 0.1) is 18.7 Å². The Balaban J connectivity index is 2.00. The lowest BCUT2D eigenvalue weighted by molar-refractivity contribution is -0.140. The van der Waals surface area contributed by atoms with Crippen LogP contribution in [0.3, 0.4) is 0 Å². The number of hydrogen-bond donors (Lipinski definition) is 2. The summed E-state index contributed by atoms with van der Waals surface area (Å²) in [5.41, 5.74) is 2.41. The number of halogens is 1. The Labute approximate surface area is 195 Å². The van der Waals surface area contributed by atoms with Gasteiger partial charge >= 0.3 is 0 Å². The van der Waals surface area contributed by atoms with Gasteiger partial charge in [-0.1, -0.05) is 51.0 Å². The third-order valence-corrected chi connectivity index (χ3v) is 5.43. The second-order valence-electron chi connectivity index (χ2n) is 8.26. The molecule has 0 spiro atoms. The van der Waals surface area contributed by atoms with Crippen LogP contribution in [-0.2, 0) is 20.9 Å². The summed E-state index contributed by atoms with van der Waals surface area (Å²) in [6.45, 7) is 5.79. The van der Waals surface area contributed by atoms with E-state index in [1.54, 1.807) is 18.2 Å². The third kappa shape index (κ3) is 9.04. The molecule has 1 atom stereocenters. The van der Waals surface area contributed by atoms with Crippen LogP contribution >= 0.6 is 0 Å². The molecule has 0 aromatic heterocycles. The summed E-state index contributed by atoms with van der Waals surface area (Å²) in [7, 11) is 0. The van der Waals surface area contributed by atoms with Crippen molar-refractivity contribution in [3.63, 3.8) is 0 Å². The number of anilines is 1. The van der Waals surface area contributed by atoms with Gasteiger partial charge in [-0.05, 0) is 55.2 Å². The van der Waals surface area contributed by atoms with Gasteiger partial charge in [-0.3, -0.25) is 14.4 Å². The second-order valence-corrected chi connectivity index (χ2v) is 8.26. The molecule has 2 aromatic carbocycles. The van der Waals surface area contributed by atoms with Crippen molar-refractivity contribution < 1.29 is 18.8 Å². The zero-order chi connectivity index (χ0) is 24.2. The monoisotopic (exact) mass is 455 g/mol. The molecule has 0 bridgehead atoms. The van der Waals surface area contributed by atoms with Crippen LogP contribution in [0.15, 0.2) is 48.5 Å². The summed E-state index contributed by atoms with van der Waals surface area (Å²) in [6, 6.07) is 13.3. The van der Waals surface area contributed by atoms with Crippen molar-refractivity contribution in [1.82, 2.24) is 10.2 Å². The van der Waals surface area contributed by atoms with E-state index >= 15 is 0 Å². The number of aryl methyl sites for hydroxylation is 1. The van der Waals surface area contributed by atoms with Gasteiger partial charge < -0.3 is 15.5 Å². The van der Waals surface area contributed by atoms with E-state index in [9.17, 15) is 18.8 Å². The lowest BCUT2D eigenvalue weighted by Gasteiger charge is -2.27. The minimum absolute atomic E-state index is 0.102. The molecule has 3 amide bonds. The molecule has 2 rings (SSSR count). The minimum atomic E-state index is -0.421. The number of hydrogen-bond acceptors (Lipinski definition) is 3. The molecule has 6 nitrogen and oxygen atoms in total. The van der Waals surface area contributed by atoms with Crippen molar-refractivity contribution >= 4 is 23.4 Å². The predicted molar refractivity (Wildman–Crippen MR) is 128 cm³/mol. The molecule has 0 heterocycles. The highest BCUT2D eigenvalue weighted by atomic mass is 19.1. The fraction of sp³-hybridized carbons (Fsp3) is 0.423. The minimum Gasteiger partial charge on any atom is -0.345 e. The molecule has 33 heavy (non-hydrogen) atoms. The molecule has 0 saturated carbocycles. The maximum atomic E-state index is 13.3. The molecule has 0 saturated heterocycles. The number of unbranched alkanes of at least 4 members (excludes halogenated alkanes) is 1. The van der Waals surface area contributed by atoms with E-state index in [-0.39, 0.29) is 43.2 Å². The zero-order valence-electron chi connectivity index (χ0n) is 19.7. The van der Waals surface area contributed by atoms with E-state index < -0.39 is 5.91 Å². The smallest absolute Gasteiger partial charge is 0.243 e. The fourth-order valence-electron chi connectivity index (χ4n) is 3.57. The molecule has 0 radical (unpaired) electrons. The number of nitrogens with one attached hydrogen (secondary N) is 2. The number of carbonyl (C=O) groups excluding carboxylic acids is 3. The average molecular weight is 456 g/mol. The van der Waals surface area contributed by atoms with Crippen molar-refractivity contribution in [3.05, 3.63) is 65.5 Å². The van der Waals surface area contributed by atoms with Gasteiger partial charge in [-0.2, -0.15) is 0 Å². The summed E-state index contributed by atoms with van der Waals surface area (Å²) >= 11 is 0. The summed E-state index contributed by atoms with van der Waals surface area (Å²) in [4.78, 5) is 39.5. The van der Waals surface area contributed by atoms with Gasteiger partial charge in [-0.15, -0.1) is 0 Å². The van der Waals surface area contributed by atoms with Crippen LogP contribution in [0.1, 0.15) is 50.7 Å². The Hall–Kier alpha value is -3.22. The molecule has 0 aliphatic heterocycles. The molecule has 0 aliphatic rings.